The molecule has 0 saturated carbocycles. The summed E-state index contributed by atoms with van der Waals surface area (Å²) in [5, 5.41) is 17.6. The van der Waals surface area contributed by atoms with E-state index in [1.807, 2.05) is 13.0 Å². The standard InChI is InChI=1S/C18H22Cl2N4O2.HI/c1-3-21-18(23-10-12-4-5-17(26-2)22-9-12)24-11-16(25)13-6-14(19)8-15(20)7-13;/h4-9,16,25H,3,10-11H2,1-2H3,(H2,21,23,24);1H. The molecule has 0 radical (unpaired) electrons. The van der Waals surface area contributed by atoms with Gasteiger partial charge in [0.05, 0.1) is 19.8 Å². The Balaban J connectivity index is 0.00000364. The molecule has 1 atom stereocenters. The molecule has 0 aliphatic carbocycles. The van der Waals surface area contributed by atoms with E-state index in [4.69, 9.17) is 27.9 Å². The predicted octanol–water partition coefficient (Wildman–Crippen LogP) is 3.80. The summed E-state index contributed by atoms with van der Waals surface area (Å²) in [5.41, 5.74) is 1.59. The van der Waals surface area contributed by atoms with Crippen molar-refractivity contribution in [2.75, 3.05) is 20.2 Å². The smallest absolute Gasteiger partial charge is 0.212 e. The number of ether oxygens (including phenoxy) is 1. The molecule has 0 saturated heterocycles. The molecule has 0 spiro atoms. The second-order valence-corrected chi connectivity index (χ2v) is 6.38. The molecular weight excluding hydrogens is 502 g/mol. The van der Waals surface area contributed by atoms with E-state index < -0.39 is 6.10 Å². The van der Waals surface area contributed by atoms with Crippen LogP contribution in [0.25, 0.3) is 0 Å². The SMILES string of the molecule is CCNC(=NCc1ccc(OC)nc1)NCC(O)c1cc(Cl)cc(Cl)c1.I. The lowest BCUT2D eigenvalue weighted by Crippen LogP contribution is -2.39. The van der Waals surface area contributed by atoms with Crippen LogP contribution in [0, 0.1) is 0 Å². The van der Waals surface area contributed by atoms with Crippen molar-refractivity contribution in [1.82, 2.24) is 15.6 Å². The molecule has 0 bridgehead atoms. The molecule has 0 aliphatic heterocycles. The summed E-state index contributed by atoms with van der Waals surface area (Å²) in [5.74, 6) is 1.15. The molecule has 6 nitrogen and oxygen atoms in total. The number of aliphatic hydroxyl groups is 1. The largest absolute Gasteiger partial charge is 0.481 e. The first-order chi connectivity index (χ1) is 12.5. The lowest BCUT2D eigenvalue weighted by molar-refractivity contribution is 0.181. The first kappa shape index (κ1) is 23.7. The fraction of sp³-hybridized carbons (Fsp3) is 0.333. The van der Waals surface area contributed by atoms with Crippen molar-refractivity contribution in [3.05, 3.63) is 57.7 Å². The Hall–Kier alpha value is -1.29. The Morgan fingerprint density at radius 3 is 2.48 bits per heavy atom. The minimum Gasteiger partial charge on any atom is -0.481 e. The van der Waals surface area contributed by atoms with Crippen molar-refractivity contribution >= 4 is 53.1 Å². The van der Waals surface area contributed by atoms with Crippen LogP contribution in [-0.2, 0) is 6.54 Å². The number of nitrogens with one attached hydrogen (secondary N) is 2. The van der Waals surface area contributed by atoms with E-state index >= 15 is 0 Å². The fourth-order valence-electron chi connectivity index (χ4n) is 2.22. The van der Waals surface area contributed by atoms with Gasteiger partial charge < -0.3 is 20.5 Å². The lowest BCUT2D eigenvalue weighted by atomic mass is 10.1. The zero-order valence-electron chi connectivity index (χ0n) is 15.1. The Morgan fingerprint density at radius 1 is 1.22 bits per heavy atom. The number of guanidine groups is 1. The van der Waals surface area contributed by atoms with Crippen LogP contribution in [0.15, 0.2) is 41.5 Å². The highest BCUT2D eigenvalue weighted by Crippen LogP contribution is 2.23. The van der Waals surface area contributed by atoms with E-state index in [1.165, 1.54) is 0 Å². The summed E-state index contributed by atoms with van der Waals surface area (Å²) in [6, 6.07) is 8.69. The Morgan fingerprint density at radius 2 is 1.93 bits per heavy atom. The van der Waals surface area contributed by atoms with Gasteiger partial charge in [-0.2, -0.15) is 0 Å². The molecule has 1 aromatic carbocycles. The number of methoxy groups -OCH3 is 1. The molecule has 2 rings (SSSR count). The van der Waals surface area contributed by atoms with Gasteiger partial charge >= 0.3 is 0 Å². The molecule has 0 amide bonds. The number of aliphatic hydroxyl groups excluding tert-OH is 1. The van der Waals surface area contributed by atoms with Gasteiger partial charge in [-0.3, -0.25) is 0 Å². The van der Waals surface area contributed by atoms with E-state index in [0.717, 1.165) is 5.56 Å². The van der Waals surface area contributed by atoms with Crippen LogP contribution in [0.5, 0.6) is 5.88 Å². The zero-order valence-corrected chi connectivity index (χ0v) is 18.9. The van der Waals surface area contributed by atoms with Gasteiger partial charge in [-0.05, 0) is 36.2 Å². The number of aliphatic imine (C=N–C) groups is 1. The van der Waals surface area contributed by atoms with Crippen LogP contribution < -0.4 is 15.4 Å². The number of aromatic nitrogens is 1. The molecule has 0 aliphatic rings. The van der Waals surface area contributed by atoms with Crippen molar-refractivity contribution in [2.45, 2.75) is 19.6 Å². The van der Waals surface area contributed by atoms with E-state index in [2.05, 4.69) is 20.6 Å². The van der Waals surface area contributed by atoms with Gasteiger partial charge in [0.1, 0.15) is 0 Å². The molecule has 27 heavy (non-hydrogen) atoms. The van der Waals surface area contributed by atoms with Crippen molar-refractivity contribution in [3.63, 3.8) is 0 Å². The molecule has 1 unspecified atom stereocenters. The van der Waals surface area contributed by atoms with Gasteiger partial charge in [0.25, 0.3) is 0 Å². The Bertz CT molecular complexity index is 724. The molecule has 148 valence electrons. The molecule has 1 aromatic heterocycles. The predicted molar refractivity (Wildman–Crippen MR) is 120 cm³/mol. The second kappa shape index (κ2) is 12.2. The average Bonchev–Trinajstić information content (AvgIpc) is 2.63. The third kappa shape index (κ3) is 8.08. The number of halogens is 3. The van der Waals surface area contributed by atoms with E-state index in [0.29, 0.717) is 40.5 Å². The first-order valence-electron chi connectivity index (χ1n) is 8.17. The summed E-state index contributed by atoms with van der Waals surface area (Å²) < 4.78 is 5.04. The van der Waals surface area contributed by atoms with Crippen LogP contribution in [0.3, 0.4) is 0 Å². The van der Waals surface area contributed by atoms with Crippen LogP contribution in [0.2, 0.25) is 10.0 Å². The number of pyridine rings is 1. The summed E-state index contributed by atoms with van der Waals surface area (Å²) >= 11 is 12.0. The Kier molecular flexibility index (Phi) is 10.8. The van der Waals surface area contributed by atoms with Crippen molar-refractivity contribution < 1.29 is 9.84 Å². The maximum atomic E-state index is 10.3. The molecule has 1 heterocycles. The quantitative estimate of drug-likeness (QED) is 0.291. The number of hydrogen-bond acceptors (Lipinski definition) is 4. The maximum Gasteiger partial charge on any atom is 0.212 e. The minimum absolute atomic E-state index is 0. The van der Waals surface area contributed by atoms with Gasteiger partial charge in [-0.15, -0.1) is 24.0 Å². The summed E-state index contributed by atoms with van der Waals surface area (Å²) in [6.07, 6.45) is 0.951. The number of nitrogens with zero attached hydrogens (tertiary/aromatic N) is 2. The zero-order chi connectivity index (χ0) is 18.9. The molecule has 2 aromatic rings. The molecule has 9 heteroatoms. The highest BCUT2D eigenvalue weighted by atomic mass is 127. The fourth-order valence-corrected chi connectivity index (χ4v) is 2.76. The average molecular weight is 525 g/mol. The Labute approximate surface area is 186 Å². The topological polar surface area (TPSA) is 78.8 Å². The summed E-state index contributed by atoms with van der Waals surface area (Å²) in [6.45, 7) is 3.39. The van der Waals surface area contributed by atoms with Crippen molar-refractivity contribution in [2.24, 2.45) is 4.99 Å². The third-order valence-corrected chi connectivity index (χ3v) is 3.94. The molecular formula is C18H23Cl2IN4O2. The van der Waals surface area contributed by atoms with E-state index in [1.54, 1.807) is 37.6 Å². The van der Waals surface area contributed by atoms with Gasteiger partial charge in [0.15, 0.2) is 5.96 Å². The van der Waals surface area contributed by atoms with Gasteiger partial charge in [-0.1, -0.05) is 29.3 Å². The van der Waals surface area contributed by atoms with Crippen LogP contribution in [0.4, 0.5) is 0 Å². The molecule has 3 N–H and O–H groups in total. The highest BCUT2D eigenvalue weighted by molar-refractivity contribution is 14.0. The molecule has 0 fully saturated rings. The summed E-state index contributed by atoms with van der Waals surface area (Å²) in [7, 11) is 1.58. The van der Waals surface area contributed by atoms with Gasteiger partial charge in [0.2, 0.25) is 5.88 Å². The van der Waals surface area contributed by atoms with Crippen LogP contribution >= 0.6 is 47.2 Å². The maximum absolute atomic E-state index is 10.3. The highest BCUT2D eigenvalue weighted by Gasteiger charge is 2.10. The van der Waals surface area contributed by atoms with Crippen molar-refractivity contribution in [3.8, 4) is 5.88 Å². The first-order valence-corrected chi connectivity index (χ1v) is 8.92. The van der Waals surface area contributed by atoms with E-state index in [-0.39, 0.29) is 30.5 Å². The minimum atomic E-state index is -0.766. The van der Waals surface area contributed by atoms with Crippen LogP contribution in [-0.4, -0.2) is 36.2 Å². The monoisotopic (exact) mass is 524 g/mol. The number of rotatable bonds is 7. The van der Waals surface area contributed by atoms with Crippen molar-refractivity contribution in [1.29, 1.82) is 0 Å². The summed E-state index contributed by atoms with van der Waals surface area (Å²) in [4.78, 5) is 8.64. The second-order valence-electron chi connectivity index (χ2n) is 5.50. The third-order valence-electron chi connectivity index (χ3n) is 3.50. The number of hydrogen-bond donors (Lipinski definition) is 3. The lowest BCUT2D eigenvalue weighted by Gasteiger charge is -2.16. The van der Waals surface area contributed by atoms with Gasteiger partial charge in [-0.25, -0.2) is 9.98 Å². The number of benzene rings is 1. The van der Waals surface area contributed by atoms with Crippen LogP contribution in [0.1, 0.15) is 24.2 Å². The van der Waals surface area contributed by atoms with Gasteiger partial charge in [0, 0.05) is 35.4 Å². The van der Waals surface area contributed by atoms with E-state index in [9.17, 15) is 5.11 Å². The normalized spacial score (nSPS) is 12.1.